The summed E-state index contributed by atoms with van der Waals surface area (Å²) in [6.45, 7) is 5.96. The number of carbonyl (C=O) groups is 2. The van der Waals surface area contributed by atoms with Crippen LogP contribution in [0, 0.1) is 11.8 Å². The number of halogens is 2. The third kappa shape index (κ3) is 5.38. The molecule has 0 aromatic heterocycles. The zero-order chi connectivity index (χ0) is 17.7. The van der Waals surface area contributed by atoms with Crippen molar-refractivity contribution in [2.45, 2.75) is 33.1 Å². The van der Waals surface area contributed by atoms with E-state index in [0.29, 0.717) is 48.4 Å². The number of benzene rings is 1. The predicted octanol–water partition coefficient (Wildman–Crippen LogP) is 3.55. The van der Waals surface area contributed by atoms with Crippen molar-refractivity contribution in [3.63, 3.8) is 0 Å². The fourth-order valence-electron chi connectivity index (χ4n) is 2.77. The highest BCUT2D eigenvalue weighted by Crippen LogP contribution is 2.23. The van der Waals surface area contributed by atoms with Crippen LogP contribution in [-0.2, 0) is 16.0 Å². The van der Waals surface area contributed by atoms with Gasteiger partial charge in [-0.25, -0.2) is 0 Å². The van der Waals surface area contributed by atoms with Gasteiger partial charge in [0, 0.05) is 36.1 Å². The third-order valence-electron chi connectivity index (χ3n) is 4.27. The first-order chi connectivity index (χ1) is 11.4. The average Bonchev–Trinajstić information content (AvgIpc) is 2.87. The van der Waals surface area contributed by atoms with Gasteiger partial charge in [-0.15, -0.1) is 0 Å². The molecular formula is C18H24Cl2N2O2. The highest BCUT2D eigenvalue weighted by atomic mass is 35.5. The second-order valence-electron chi connectivity index (χ2n) is 6.70. The lowest BCUT2D eigenvalue weighted by molar-refractivity contribution is -0.129. The molecule has 132 valence electrons. The smallest absolute Gasteiger partial charge is 0.225 e. The molecule has 1 aliphatic rings. The zero-order valence-electron chi connectivity index (χ0n) is 14.1. The Morgan fingerprint density at radius 2 is 2.12 bits per heavy atom. The zero-order valence-corrected chi connectivity index (χ0v) is 15.7. The molecule has 2 amide bonds. The summed E-state index contributed by atoms with van der Waals surface area (Å²) in [5, 5.41) is 4.14. The summed E-state index contributed by atoms with van der Waals surface area (Å²) in [6, 6.07) is 5.37. The molecule has 24 heavy (non-hydrogen) atoms. The molecule has 0 saturated carbocycles. The van der Waals surface area contributed by atoms with Crippen molar-refractivity contribution in [1.29, 1.82) is 0 Å². The van der Waals surface area contributed by atoms with E-state index in [9.17, 15) is 9.59 Å². The molecule has 1 N–H and O–H groups in total. The van der Waals surface area contributed by atoms with Gasteiger partial charge in [0.15, 0.2) is 0 Å². The average molecular weight is 371 g/mol. The molecule has 1 aromatic carbocycles. The van der Waals surface area contributed by atoms with E-state index in [1.807, 2.05) is 6.07 Å². The summed E-state index contributed by atoms with van der Waals surface area (Å²) >= 11 is 12.1. The topological polar surface area (TPSA) is 49.4 Å². The number of rotatable bonds is 7. The van der Waals surface area contributed by atoms with E-state index in [-0.39, 0.29) is 17.7 Å². The molecule has 6 heteroatoms. The molecule has 1 aromatic rings. The quantitative estimate of drug-likeness (QED) is 0.797. The van der Waals surface area contributed by atoms with E-state index in [1.165, 1.54) is 0 Å². The number of likely N-dealkylation sites (tertiary alicyclic amines) is 1. The molecule has 1 heterocycles. The van der Waals surface area contributed by atoms with Gasteiger partial charge in [0.2, 0.25) is 11.8 Å². The highest BCUT2D eigenvalue weighted by molar-refractivity contribution is 6.35. The predicted molar refractivity (Wildman–Crippen MR) is 97.3 cm³/mol. The number of nitrogens with zero attached hydrogens (tertiary/aromatic N) is 1. The lowest BCUT2D eigenvalue weighted by Crippen LogP contribution is -2.34. The van der Waals surface area contributed by atoms with E-state index in [1.54, 1.807) is 17.0 Å². The van der Waals surface area contributed by atoms with Crippen molar-refractivity contribution in [3.05, 3.63) is 33.8 Å². The van der Waals surface area contributed by atoms with Gasteiger partial charge in [-0.05, 0) is 36.5 Å². The lowest BCUT2D eigenvalue weighted by atomic mass is 10.1. The Kier molecular flexibility index (Phi) is 6.93. The minimum absolute atomic E-state index is 0.0176. The van der Waals surface area contributed by atoms with Crippen LogP contribution in [-0.4, -0.2) is 36.3 Å². The highest BCUT2D eigenvalue weighted by Gasteiger charge is 2.33. The number of hydrogen-bond donors (Lipinski definition) is 1. The van der Waals surface area contributed by atoms with E-state index < -0.39 is 0 Å². The van der Waals surface area contributed by atoms with Gasteiger partial charge in [0.1, 0.15) is 0 Å². The number of hydrogen-bond acceptors (Lipinski definition) is 2. The van der Waals surface area contributed by atoms with Crippen molar-refractivity contribution in [2.24, 2.45) is 11.8 Å². The monoisotopic (exact) mass is 370 g/mol. The summed E-state index contributed by atoms with van der Waals surface area (Å²) in [5.41, 5.74) is 0.957. The van der Waals surface area contributed by atoms with Crippen LogP contribution in [0.2, 0.25) is 10.0 Å². The van der Waals surface area contributed by atoms with E-state index in [2.05, 4.69) is 19.2 Å². The Labute approximate surface area is 153 Å². The Hall–Kier alpha value is -1.26. The first-order valence-corrected chi connectivity index (χ1v) is 9.12. The molecule has 0 spiro atoms. The Morgan fingerprint density at radius 1 is 1.38 bits per heavy atom. The lowest BCUT2D eigenvalue weighted by Gasteiger charge is -2.17. The summed E-state index contributed by atoms with van der Waals surface area (Å²) in [6.07, 6.45) is 1.90. The molecule has 0 aliphatic carbocycles. The molecule has 1 saturated heterocycles. The maximum absolute atomic E-state index is 12.2. The van der Waals surface area contributed by atoms with Gasteiger partial charge in [0.25, 0.3) is 0 Å². The van der Waals surface area contributed by atoms with Gasteiger partial charge >= 0.3 is 0 Å². The molecule has 4 nitrogen and oxygen atoms in total. The molecule has 0 bridgehead atoms. The first kappa shape index (κ1) is 19.1. The molecule has 2 rings (SSSR count). The van der Waals surface area contributed by atoms with Crippen molar-refractivity contribution >= 4 is 35.0 Å². The van der Waals surface area contributed by atoms with Crippen LogP contribution in [0.1, 0.15) is 32.3 Å². The fourth-order valence-corrected chi connectivity index (χ4v) is 3.28. The molecular weight excluding hydrogens is 347 g/mol. The van der Waals surface area contributed by atoms with E-state index in [4.69, 9.17) is 23.2 Å². The van der Waals surface area contributed by atoms with Gasteiger partial charge < -0.3 is 10.2 Å². The number of nitrogens with one attached hydrogen (secondary N) is 1. The minimum Gasteiger partial charge on any atom is -0.356 e. The van der Waals surface area contributed by atoms with Gasteiger partial charge in [-0.1, -0.05) is 43.1 Å². The van der Waals surface area contributed by atoms with Crippen LogP contribution < -0.4 is 5.32 Å². The van der Waals surface area contributed by atoms with Crippen LogP contribution in [0.5, 0.6) is 0 Å². The van der Waals surface area contributed by atoms with E-state index >= 15 is 0 Å². The van der Waals surface area contributed by atoms with E-state index in [0.717, 1.165) is 12.0 Å². The SMILES string of the molecule is CC(C)CCNC(=O)C1CC(=O)N(CCc2ccc(Cl)cc2Cl)C1. The minimum atomic E-state index is -0.245. The largest absolute Gasteiger partial charge is 0.356 e. The molecule has 0 radical (unpaired) electrons. The Bertz CT molecular complexity index is 605. The third-order valence-corrected chi connectivity index (χ3v) is 4.86. The van der Waals surface area contributed by atoms with Gasteiger partial charge in [-0.3, -0.25) is 9.59 Å². The summed E-state index contributed by atoms with van der Waals surface area (Å²) < 4.78 is 0. The van der Waals surface area contributed by atoms with Crippen molar-refractivity contribution in [2.75, 3.05) is 19.6 Å². The van der Waals surface area contributed by atoms with Crippen molar-refractivity contribution < 1.29 is 9.59 Å². The second-order valence-corrected chi connectivity index (χ2v) is 7.54. The molecule has 1 aliphatic heterocycles. The van der Waals surface area contributed by atoms with Crippen LogP contribution >= 0.6 is 23.2 Å². The molecule has 1 atom stereocenters. The Morgan fingerprint density at radius 3 is 2.79 bits per heavy atom. The van der Waals surface area contributed by atoms with Crippen molar-refractivity contribution in [1.82, 2.24) is 10.2 Å². The molecule has 1 fully saturated rings. The van der Waals surface area contributed by atoms with Crippen molar-refractivity contribution in [3.8, 4) is 0 Å². The number of amides is 2. The summed E-state index contributed by atoms with van der Waals surface area (Å²) in [5.74, 6) is 0.321. The molecule has 1 unspecified atom stereocenters. The first-order valence-electron chi connectivity index (χ1n) is 8.36. The van der Waals surface area contributed by atoms with Crippen LogP contribution in [0.3, 0.4) is 0 Å². The van der Waals surface area contributed by atoms with Crippen LogP contribution in [0.25, 0.3) is 0 Å². The normalized spacial score (nSPS) is 17.6. The maximum Gasteiger partial charge on any atom is 0.225 e. The Balaban J connectivity index is 1.82. The van der Waals surface area contributed by atoms with Crippen LogP contribution in [0.4, 0.5) is 0 Å². The van der Waals surface area contributed by atoms with Gasteiger partial charge in [0.05, 0.1) is 5.92 Å². The second kappa shape index (κ2) is 8.72. The fraction of sp³-hybridized carbons (Fsp3) is 0.556. The van der Waals surface area contributed by atoms with Gasteiger partial charge in [-0.2, -0.15) is 0 Å². The maximum atomic E-state index is 12.2. The summed E-state index contributed by atoms with van der Waals surface area (Å²) in [7, 11) is 0. The number of carbonyl (C=O) groups excluding carboxylic acids is 2. The standard InChI is InChI=1S/C18H24Cl2N2O2/c1-12(2)5-7-21-18(24)14-9-17(23)22(11-14)8-6-13-3-4-15(19)10-16(13)20/h3-4,10,12,14H,5-9,11H2,1-2H3,(H,21,24). The summed E-state index contributed by atoms with van der Waals surface area (Å²) in [4.78, 5) is 26.0. The van der Waals surface area contributed by atoms with Crippen LogP contribution in [0.15, 0.2) is 18.2 Å².